The smallest absolute Gasteiger partial charge is 0.309 e. The lowest BCUT2D eigenvalue weighted by atomic mass is 9.96. The van der Waals surface area contributed by atoms with E-state index in [1.807, 2.05) is 170 Å². The molecule has 0 saturated heterocycles. The number of alkyl halides is 3. The van der Waals surface area contributed by atoms with Gasteiger partial charge in [0.05, 0.1) is 45.1 Å². The zero-order valence-electron chi connectivity index (χ0n) is 35.6. The van der Waals surface area contributed by atoms with Crippen molar-refractivity contribution in [3.8, 4) is 84.6 Å². The number of fused-ring (bicyclic) bond motifs is 3. The van der Waals surface area contributed by atoms with E-state index in [-0.39, 0.29) is 5.56 Å². The van der Waals surface area contributed by atoms with E-state index in [2.05, 4.69) is 22.8 Å². The standard InChI is InChI=1S/C58H38F3N5/c1-37-26-29-44(48(32-37)58(59,60)61)42-27-30-46-45-24-14-15-25-53(45)66(55(46)34-42)54-31-28-43(51-35-49(38-16-6-2-7-17-38)62-56(64-51)40-20-10-4-11-21-40)33-47(54)52-36-50(39-18-8-3-9-19-39)63-57(65-52)41-22-12-5-13-23-41/h2-36H,1H3. The van der Waals surface area contributed by atoms with Crippen molar-refractivity contribution in [1.29, 1.82) is 0 Å². The van der Waals surface area contributed by atoms with Gasteiger partial charge in [0.2, 0.25) is 0 Å². The summed E-state index contributed by atoms with van der Waals surface area (Å²) in [5.41, 5.74) is 10.9. The molecule has 0 N–H and O–H groups in total. The minimum Gasteiger partial charge on any atom is -0.309 e. The maximum atomic E-state index is 14.7. The minimum atomic E-state index is -4.55. The number of hydrogen-bond donors (Lipinski definition) is 0. The first-order valence-electron chi connectivity index (χ1n) is 21.6. The van der Waals surface area contributed by atoms with Crippen LogP contribution in [0.2, 0.25) is 0 Å². The van der Waals surface area contributed by atoms with E-state index in [4.69, 9.17) is 19.9 Å². The van der Waals surface area contributed by atoms with Crippen molar-refractivity contribution in [2.45, 2.75) is 13.1 Å². The Balaban J connectivity index is 1.21. The van der Waals surface area contributed by atoms with Crippen LogP contribution in [0.5, 0.6) is 0 Å². The molecule has 0 bridgehead atoms. The number of para-hydroxylation sites is 1. The lowest BCUT2D eigenvalue weighted by Gasteiger charge is -2.18. The maximum absolute atomic E-state index is 14.7. The quantitative estimate of drug-likeness (QED) is 0.153. The van der Waals surface area contributed by atoms with E-state index >= 15 is 0 Å². The first-order valence-corrected chi connectivity index (χ1v) is 21.6. The number of rotatable bonds is 8. The van der Waals surface area contributed by atoms with Crippen LogP contribution in [0.4, 0.5) is 13.2 Å². The van der Waals surface area contributed by atoms with Crippen LogP contribution < -0.4 is 0 Å². The summed E-state index contributed by atoms with van der Waals surface area (Å²) in [4.78, 5) is 20.7. The fourth-order valence-electron chi connectivity index (χ4n) is 8.76. The molecule has 0 unspecified atom stereocenters. The second kappa shape index (κ2) is 16.6. The summed E-state index contributed by atoms with van der Waals surface area (Å²) in [5.74, 6) is 1.13. The molecule has 0 aliphatic heterocycles. The third-order valence-electron chi connectivity index (χ3n) is 11.9. The molecular formula is C58H38F3N5. The zero-order valence-corrected chi connectivity index (χ0v) is 35.6. The van der Waals surface area contributed by atoms with E-state index < -0.39 is 11.7 Å². The topological polar surface area (TPSA) is 56.5 Å². The number of aryl methyl sites for hydroxylation is 1. The van der Waals surface area contributed by atoms with Crippen LogP contribution in [-0.4, -0.2) is 24.5 Å². The third kappa shape index (κ3) is 7.58. The molecule has 0 aliphatic carbocycles. The Morgan fingerprint density at radius 2 is 0.848 bits per heavy atom. The van der Waals surface area contributed by atoms with Crippen molar-refractivity contribution in [3.63, 3.8) is 0 Å². The van der Waals surface area contributed by atoms with E-state index in [1.165, 1.54) is 6.07 Å². The molecule has 0 radical (unpaired) electrons. The number of nitrogens with zero attached hydrogens (tertiary/aromatic N) is 5. The minimum absolute atomic E-state index is 0.116. The molecule has 5 nitrogen and oxygen atoms in total. The van der Waals surface area contributed by atoms with Crippen LogP contribution >= 0.6 is 0 Å². The maximum Gasteiger partial charge on any atom is 0.417 e. The van der Waals surface area contributed by atoms with Gasteiger partial charge in [0.15, 0.2) is 11.6 Å². The molecule has 0 fully saturated rings. The van der Waals surface area contributed by atoms with E-state index in [0.717, 1.165) is 72.3 Å². The summed E-state index contributed by atoms with van der Waals surface area (Å²) in [7, 11) is 0. The van der Waals surface area contributed by atoms with Crippen molar-refractivity contribution in [2.24, 2.45) is 0 Å². The number of halogens is 3. The Morgan fingerprint density at radius 3 is 1.44 bits per heavy atom. The van der Waals surface area contributed by atoms with Gasteiger partial charge in [-0.05, 0) is 60.5 Å². The van der Waals surface area contributed by atoms with Crippen LogP contribution in [-0.2, 0) is 6.18 Å². The average molecular weight is 862 g/mol. The molecular weight excluding hydrogens is 824 g/mol. The van der Waals surface area contributed by atoms with Gasteiger partial charge >= 0.3 is 6.18 Å². The number of benzene rings is 8. The molecule has 8 aromatic carbocycles. The molecule has 3 heterocycles. The van der Waals surface area contributed by atoms with Gasteiger partial charge in [0.25, 0.3) is 0 Å². The van der Waals surface area contributed by atoms with Crippen LogP contribution in [0.15, 0.2) is 212 Å². The number of hydrogen-bond acceptors (Lipinski definition) is 4. The van der Waals surface area contributed by atoms with Crippen molar-refractivity contribution in [1.82, 2.24) is 24.5 Å². The van der Waals surface area contributed by atoms with Gasteiger partial charge in [-0.2, -0.15) is 13.2 Å². The summed E-state index contributed by atoms with van der Waals surface area (Å²) >= 11 is 0. The highest BCUT2D eigenvalue weighted by atomic mass is 19.4. The molecule has 0 spiro atoms. The number of aromatic nitrogens is 5. The van der Waals surface area contributed by atoms with E-state index in [1.54, 1.807) is 25.1 Å². The fourth-order valence-corrected chi connectivity index (χ4v) is 8.76. The lowest BCUT2D eigenvalue weighted by molar-refractivity contribution is -0.137. The molecule has 11 aromatic rings. The Labute approximate surface area is 379 Å². The second-order valence-corrected chi connectivity index (χ2v) is 16.3. The molecule has 316 valence electrons. The van der Waals surface area contributed by atoms with Crippen molar-refractivity contribution in [3.05, 3.63) is 223 Å². The van der Waals surface area contributed by atoms with Gasteiger partial charge < -0.3 is 4.57 Å². The molecule has 0 saturated carbocycles. The Morgan fingerprint density at radius 1 is 0.364 bits per heavy atom. The molecule has 8 heteroatoms. The summed E-state index contributed by atoms with van der Waals surface area (Å²) in [6, 6.07) is 68.3. The first-order chi connectivity index (χ1) is 32.2. The first kappa shape index (κ1) is 40.3. The van der Waals surface area contributed by atoms with Gasteiger partial charge in [0.1, 0.15) is 0 Å². The Hall–Kier alpha value is -8.49. The van der Waals surface area contributed by atoms with Crippen LogP contribution in [0.1, 0.15) is 11.1 Å². The highest BCUT2D eigenvalue weighted by molar-refractivity contribution is 6.11. The van der Waals surface area contributed by atoms with Gasteiger partial charge in [-0.15, -0.1) is 0 Å². The van der Waals surface area contributed by atoms with Gasteiger partial charge in [-0.3, -0.25) is 0 Å². The predicted octanol–water partition coefficient (Wildman–Crippen LogP) is 15.4. The SMILES string of the molecule is Cc1ccc(-c2ccc3c4ccccc4n(-c4ccc(-c5cc(-c6ccccc6)nc(-c6ccccc6)n5)cc4-c4cc(-c5ccccc5)nc(-c5ccccc5)n4)c3c2)c(C(F)(F)F)c1. The molecule has 66 heavy (non-hydrogen) atoms. The van der Waals surface area contributed by atoms with Gasteiger partial charge in [0, 0.05) is 44.2 Å². The van der Waals surface area contributed by atoms with Gasteiger partial charge in [-0.1, -0.05) is 175 Å². The highest BCUT2D eigenvalue weighted by Gasteiger charge is 2.34. The zero-order chi connectivity index (χ0) is 44.8. The van der Waals surface area contributed by atoms with Crippen LogP contribution in [0.25, 0.3) is 106 Å². The molecule has 3 aromatic heterocycles. The van der Waals surface area contributed by atoms with Crippen molar-refractivity contribution >= 4 is 21.8 Å². The van der Waals surface area contributed by atoms with E-state index in [9.17, 15) is 13.2 Å². The molecule has 11 rings (SSSR count). The Kier molecular flexibility index (Phi) is 10.1. The fraction of sp³-hybridized carbons (Fsp3) is 0.0345. The third-order valence-corrected chi connectivity index (χ3v) is 11.9. The van der Waals surface area contributed by atoms with Crippen molar-refractivity contribution in [2.75, 3.05) is 0 Å². The largest absolute Gasteiger partial charge is 0.417 e. The summed E-state index contributed by atoms with van der Waals surface area (Å²) in [5, 5.41) is 1.86. The van der Waals surface area contributed by atoms with Crippen LogP contribution in [0.3, 0.4) is 0 Å². The monoisotopic (exact) mass is 861 g/mol. The van der Waals surface area contributed by atoms with Gasteiger partial charge in [-0.25, -0.2) is 19.9 Å². The lowest BCUT2D eigenvalue weighted by Crippen LogP contribution is -2.07. The van der Waals surface area contributed by atoms with Crippen molar-refractivity contribution < 1.29 is 13.2 Å². The average Bonchev–Trinajstić information content (AvgIpc) is 3.70. The second-order valence-electron chi connectivity index (χ2n) is 16.3. The molecule has 0 atom stereocenters. The molecule has 0 amide bonds. The highest BCUT2D eigenvalue weighted by Crippen LogP contribution is 2.43. The summed E-state index contributed by atoms with van der Waals surface area (Å²) < 4.78 is 46.2. The summed E-state index contributed by atoms with van der Waals surface area (Å²) in [6.45, 7) is 1.68. The predicted molar refractivity (Wildman–Crippen MR) is 260 cm³/mol. The summed E-state index contributed by atoms with van der Waals surface area (Å²) in [6.07, 6.45) is -4.55. The Bertz CT molecular complexity index is 3460. The molecule has 0 aliphatic rings. The normalized spacial score (nSPS) is 11.6. The van der Waals surface area contributed by atoms with E-state index in [0.29, 0.717) is 34.2 Å². The van der Waals surface area contributed by atoms with Crippen LogP contribution in [0, 0.1) is 6.92 Å².